The van der Waals surface area contributed by atoms with Crippen LogP contribution in [-0.4, -0.2) is 25.8 Å². The predicted octanol–water partition coefficient (Wildman–Crippen LogP) is 3.05. The number of nitrogens with zero attached hydrogens (tertiary/aromatic N) is 1. The molecule has 2 rings (SSSR count). The summed E-state index contributed by atoms with van der Waals surface area (Å²) >= 11 is 0. The average molecular weight is 305 g/mol. The van der Waals surface area contributed by atoms with Gasteiger partial charge in [0.15, 0.2) is 17.5 Å². The van der Waals surface area contributed by atoms with E-state index < -0.39 is 0 Å². The molecule has 0 bridgehead atoms. The molecule has 1 aliphatic heterocycles. The average Bonchev–Trinajstić information content (AvgIpc) is 2.99. The van der Waals surface area contributed by atoms with Crippen LogP contribution in [-0.2, 0) is 6.54 Å². The molecule has 0 fully saturated rings. The Balaban J connectivity index is 1.78. The third kappa shape index (κ3) is 4.83. The first kappa shape index (κ1) is 16.5. The monoisotopic (exact) mass is 305 g/mol. The molecule has 1 unspecified atom stereocenters. The van der Waals surface area contributed by atoms with Crippen LogP contribution in [0.3, 0.4) is 0 Å². The lowest BCUT2D eigenvalue weighted by atomic mass is 10.1. The number of unbranched alkanes of at least 4 members (excludes halogenated alkanes) is 2. The van der Waals surface area contributed by atoms with E-state index in [0.29, 0.717) is 19.4 Å². The summed E-state index contributed by atoms with van der Waals surface area (Å²) in [5, 5.41) is 6.77. The Kier molecular flexibility index (Phi) is 6.37. The maximum Gasteiger partial charge on any atom is 0.231 e. The molecular weight excluding hydrogens is 278 g/mol. The zero-order valence-corrected chi connectivity index (χ0v) is 13.8. The van der Waals surface area contributed by atoms with E-state index in [9.17, 15) is 0 Å². The summed E-state index contributed by atoms with van der Waals surface area (Å²) in [4.78, 5) is 4.28. The Morgan fingerprint density at radius 2 is 2.09 bits per heavy atom. The molecule has 0 radical (unpaired) electrons. The lowest BCUT2D eigenvalue weighted by Gasteiger charge is -2.18. The Labute approximate surface area is 133 Å². The van der Waals surface area contributed by atoms with Gasteiger partial charge in [-0.3, -0.25) is 4.99 Å². The predicted molar refractivity (Wildman–Crippen MR) is 89.5 cm³/mol. The minimum absolute atomic E-state index is 0.310. The Morgan fingerprint density at radius 1 is 1.27 bits per heavy atom. The second-order valence-electron chi connectivity index (χ2n) is 5.65. The van der Waals surface area contributed by atoms with Crippen molar-refractivity contribution < 1.29 is 9.47 Å². The first-order valence-corrected chi connectivity index (χ1v) is 8.08. The van der Waals surface area contributed by atoms with Crippen molar-refractivity contribution in [3.05, 3.63) is 23.8 Å². The van der Waals surface area contributed by atoms with Gasteiger partial charge in [0.2, 0.25) is 6.79 Å². The molecule has 2 N–H and O–H groups in total. The summed E-state index contributed by atoms with van der Waals surface area (Å²) < 4.78 is 10.7. The number of aliphatic imine (C=N–C) groups is 1. The number of benzene rings is 1. The molecule has 1 atom stereocenters. The van der Waals surface area contributed by atoms with Crippen molar-refractivity contribution in [1.29, 1.82) is 0 Å². The highest BCUT2D eigenvalue weighted by Crippen LogP contribution is 2.32. The molecule has 0 aliphatic carbocycles. The van der Waals surface area contributed by atoms with Crippen molar-refractivity contribution in [3.8, 4) is 11.5 Å². The molecule has 0 saturated heterocycles. The van der Waals surface area contributed by atoms with Gasteiger partial charge >= 0.3 is 0 Å². The van der Waals surface area contributed by atoms with Gasteiger partial charge in [0.25, 0.3) is 0 Å². The number of nitrogens with one attached hydrogen (secondary N) is 2. The molecular formula is C17H27N3O2. The van der Waals surface area contributed by atoms with Gasteiger partial charge in [-0.1, -0.05) is 32.3 Å². The fraction of sp³-hybridized carbons (Fsp3) is 0.588. The molecule has 0 saturated carbocycles. The quantitative estimate of drug-likeness (QED) is 0.462. The van der Waals surface area contributed by atoms with E-state index in [2.05, 4.69) is 29.5 Å². The van der Waals surface area contributed by atoms with Crippen molar-refractivity contribution in [2.24, 2.45) is 4.99 Å². The van der Waals surface area contributed by atoms with Crippen molar-refractivity contribution in [2.75, 3.05) is 13.8 Å². The molecule has 22 heavy (non-hydrogen) atoms. The van der Waals surface area contributed by atoms with E-state index in [4.69, 9.17) is 9.47 Å². The normalized spacial score (nSPS) is 14.8. The highest BCUT2D eigenvalue weighted by atomic mass is 16.7. The Hall–Kier alpha value is -1.91. The molecule has 0 aromatic heterocycles. The minimum Gasteiger partial charge on any atom is -0.454 e. The van der Waals surface area contributed by atoms with E-state index >= 15 is 0 Å². The van der Waals surface area contributed by atoms with Crippen LogP contribution in [0.15, 0.2) is 23.2 Å². The van der Waals surface area contributed by atoms with Crippen LogP contribution in [0.25, 0.3) is 0 Å². The molecule has 5 nitrogen and oxygen atoms in total. The van der Waals surface area contributed by atoms with E-state index in [0.717, 1.165) is 23.0 Å². The molecule has 1 aromatic rings. The number of hydrogen-bond donors (Lipinski definition) is 2. The third-order valence-corrected chi connectivity index (χ3v) is 3.74. The largest absolute Gasteiger partial charge is 0.454 e. The molecule has 0 spiro atoms. The summed E-state index contributed by atoms with van der Waals surface area (Å²) in [6.07, 6.45) is 4.96. The van der Waals surface area contributed by atoms with Gasteiger partial charge in [0, 0.05) is 19.6 Å². The van der Waals surface area contributed by atoms with Gasteiger partial charge in [-0.25, -0.2) is 0 Å². The van der Waals surface area contributed by atoms with Crippen LogP contribution in [0.1, 0.15) is 45.1 Å². The maximum atomic E-state index is 5.40. The first-order chi connectivity index (χ1) is 10.7. The van der Waals surface area contributed by atoms with Crippen molar-refractivity contribution >= 4 is 5.96 Å². The summed E-state index contributed by atoms with van der Waals surface area (Å²) in [7, 11) is 1.80. The number of rotatable bonds is 7. The maximum absolute atomic E-state index is 5.40. The molecule has 1 aromatic carbocycles. The summed E-state index contributed by atoms with van der Waals surface area (Å²) in [6.45, 7) is 5.44. The fourth-order valence-corrected chi connectivity index (χ4v) is 2.44. The highest BCUT2D eigenvalue weighted by molar-refractivity contribution is 5.79. The molecule has 1 aliphatic rings. The number of hydrogen-bond acceptors (Lipinski definition) is 3. The van der Waals surface area contributed by atoms with E-state index in [1.54, 1.807) is 7.05 Å². The number of guanidine groups is 1. The fourth-order valence-electron chi connectivity index (χ4n) is 2.44. The Bertz CT molecular complexity index is 503. The van der Waals surface area contributed by atoms with Crippen LogP contribution in [0.5, 0.6) is 11.5 Å². The molecule has 122 valence electrons. The lowest BCUT2D eigenvalue weighted by molar-refractivity contribution is 0.174. The van der Waals surface area contributed by atoms with E-state index in [-0.39, 0.29) is 0 Å². The molecule has 0 amide bonds. The third-order valence-electron chi connectivity index (χ3n) is 3.74. The lowest BCUT2D eigenvalue weighted by Crippen LogP contribution is -2.41. The second-order valence-corrected chi connectivity index (χ2v) is 5.65. The smallest absolute Gasteiger partial charge is 0.231 e. The van der Waals surface area contributed by atoms with Crippen molar-refractivity contribution in [1.82, 2.24) is 10.6 Å². The van der Waals surface area contributed by atoms with E-state index in [1.165, 1.54) is 25.7 Å². The molecule has 5 heteroatoms. The zero-order chi connectivity index (χ0) is 15.8. The van der Waals surface area contributed by atoms with Gasteiger partial charge in [-0.05, 0) is 31.0 Å². The SMILES string of the molecule is CCCCCC(C)NC(=NC)NCc1ccc2c(c1)OCO2. The summed E-state index contributed by atoms with van der Waals surface area (Å²) in [5.41, 5.74) is 1.14. The topological polar surface area (TPSA) is 54.9 Å². The van der Waals surface area contributed by atoms with Crippen LogP contribution in [0.4, 0.5) is 0 Å². The second kappa shape index (κ2) is 8.51. The highest BCUT2D eigenvalue weighted by Gasteiger charge is 2.13. The number of fused-ring (bicyclic) bond motifs is 1. The van der Waals surface area contributed by atoms with Crippen LogP contribution < -0.4 is 20.1 Å². The summed E-state index contributed by atoms with van der Waals surface area (Å²) in [5.74, 6) is 2.47. The minimum atomic E-state index is 0.310. The van der Waals surface area contributed by atoms with Gasteiger partial charge in [0.05, 0.1) is 0 Å². The van der Waals surface area contributed by atoms with Crippen molar-refractivity contribution in [2.45, 2.75) is 52.1 Å². The van der Waals surface area contributed by atoms with E-state index in [1.807, 2.05) is 18.2 Å². The van der Waals surface area contributed by atoms with Crippen molar-refractivity contribution in [3.63, 3.8) is 0 Å². The molecule has 1 heterocycles. The standard InChI is InChI=1S/C17H27N3O2/c1-4-5-6-7-13(2)20-17(18-3)19-11-14-8-9-15-16(10-14)22-12-21-15/h8-10,13H,4-7,11-12H2,1-3H3,(H2,18,19,20). The Morgan fingerprint density at radius 3 is 2.86 bits per heavy atom. The van der Waals surface area contributed by atoms with Gasteiger partial charge in [-0.2, -0.15) is 0 Å². The van der Waals surface area contributed by atoms with Crippen LogP contribution in [0, 0.1) is 0 Å². The summed E-state index contributed by atoms with van der Waals surface area (Å²) in [6, 6.07) is 6.42. The van der Waals surface area contributed by atoms with Gasteiger partial charge in [-0.15, -0.1) is 0 Å². The van der Waals surface area contributed by atoms with Gasteiger partial charge in [0.1, 0.15) is 0 Å². The first-order valence-electron chi connectivity index (χ1n) is 8.08. The number of ether oxygens (including phenoxy) is 2. The van der Waals surface area contributed by atoms with Crippen LogP contribution >= 0.6 is 0 Å². The zero-order valence-electron chi connectivity index (χ0n) is 13.8. The van der Waals surface area contributed by atoms with Gasteiger partial charge < -0.3 is 20.1 Å². The van der Waals surface area contributed by atoms with Crippen LogP contribution in [0.2, 0.25) is 0 Å².